The van der Waals surface area contributed by atoms with Crippen molar-refractivity contribution in [1.29, 1.82) is 0 Å². The van der Waals surface area contributed by atoms with Gasteiger partial charge in [0.2, 0.25) is 0 Å². The summed E-state index contributed by atoms with van der Waals surface area (Å²) in [4.78, 5) is 34.3. The molecule has 0 aliphatic carbocycles. The number of nitrogens with one attached hydrogen (secondary N) is 2. The summed E-state index contributed by atoms with van der Waals surface area (Å²) >= 11 is 3.15. The molecule has 3 amide bonds. The standard InChI is InChI=1S/C12H13BrN2O5/c1-6(10(17)15-12(19)14-2)20-11(18)8-5-7(13)3-4-9(8)16/h3-6,16H,1-2H3,(H2,14,15,17,19)/t6-/m0/s1. The number of halogens is 1. The fourth-order valence-electron chi connectivity index (χ4n) is 1.23. The van der Waals surface area contributed by atoms with Gasteiger partial charge in [0, 0.05) is 11.5 Å². The second-order valence-electron chi connectivity index (χ2n) is 3.78. The zero-order chi connectivity index (χ0) is 15.3. The normalized spacial score (nSPS) is 11.3. The van der Waals surface area contributed by atoms with E-state index in [0.717, 1.165) is 0 Å². The Bertz CT molecular complexity index is 547. The first-order valence-electron chi connectivity index (χ1n) is 5.57. The van der Waals surface area contributed by atoms with Crippen LogP contribution in [0.4, 0.5) is 4.79 Å². The number of carbonyl (C=O) groups is 3. The minimum atomic E-state index is -1.18. The number of esters is 1. The van der Waals surface area contributed by atoms with E-state index in [1.165, 1.54) is 26.1 Å². The summed E-state index contributed by atoms with van der Waals surface area (Å²) in [5.74, 6) is -1.91. The van der Waals surface area contributed by atoms with E-state index in [0.29, 0.717) is 4.47 Å². The summed E-state index contributed by atoms with van der Waals surface area (Å²) in [7, 11) is 1.35. The van der Waals surface area contributed by atoms with Crippen LogP contribution in [-0.4, -0.2) is 36.2 Å². The molecule has 0 bridgehead atoms. The summed E-state index contributed by atoms with van der Waals surface area (Å²) in [6.07, 6.45) is -1.18. The van der Waals surface area contributed by atoms with Crippen LogP contribution in [0, 0.1) is 0 Å². The average molecular weight is 345 g/mol. The Hall–Kier alpha value is -2.09. The van der Waals surface area contributed by atoms with Gasteiger partial charge in [-0.25, -0.2) is 9.59 Å². The van der Waals surface area contributed by atoms with Crippen LogP contribution in [0.1, 0.15) is 17.3 Å². The fourth-order valence-corrected chi connectivity index (χ4v) is 1.59. The minimum absolute atomic E-state index is 0.0843. The second-order valence-corrected chi connectivity index (χ2v) is 4.69. The summed E-state index contributed by atoms with van der Waals surface area (Å²) in [6.45, 7) is 1.31. The number of carbonyl (C=O) groups excluding carboxylic acids is 3. The maximum Gasteiger partial charge on any atom is 0.342 e. The highest BCUT2D eigenvalue weighted by molar-refractivity contribution is 9.10. The van der Waals surface area contributed by atoms with Crippen molar-refractivity contribution in [1.82, 2.24) is 10.6 Å². The van der Waals surface area contributed by atoms with Gasteiger partial charge in [0.25, 0.3) is 5.91 Å². The molecular weight excluding hydrogens is 332 g/mol. The van der Waals surface area contributed by atoms with Crippen molar-refractivity contribution in [2.24, 2.45) is 0 Å². The van der Waals surface area contributed by atoms with Crippen LogP contribution in [-0.2, 0) is 9.53 Å². The predicted octanol–water partition coefficient (Wildman–Crippen LogP) is 1.16. The lowest BCUT2D eigenvalue weighted by atomic mass is 10.2. The smallest absolute Gasteiger partial charge is 0.342 e. The number of benzene rings is 1. The molecule has 8 heteroatoms. The first-order chi connectivity index (χ1) is 9.35. The first kappa shape index (κ1) is 16.0. The maximum absolute atomic E-state index is 11.8. The summed E-state index contributed by atoms with van der Waals surface area (Å²) in [5.41, 5.74) is -0.0843. The summed E-state index contributed by atoms with van der Waals surface area (Å²) in [6, 6.07) is 3.52. The SMILES string of the molecule is CNC(=O)NC(=O)[C@H](C)OC(=O)c1cc(Br)ccc1O. The Labute approximate surface area is 123 Å². The van der Waals surface area contributed by atoms with E-state index < -0.39 is 24.0 Å². The van der Waals surface area contributed by atoms with Crippen molar-refractivity contribution in [2.45, 2.75) is 13.0 Å². The number of ether oxygens (including phenoxy) is 1. The van der Waals surface area contributed by atoms with Crippen molar-refractivity contribution < 1.29 is 24.2 Å². The first-order valence-corrected chi connectivity index (χ1v) is 6.36. The number of phenolic OH excluding ortho intramolecular Hbond substituents is 1. The molecule has 3 N–H and O–H groups in total. The van der Waals surface area contributed by atoms with E-state index in [1.807, 2.05) is 5.32 Å². The fraction of sp³-hybridized carbons (Fsp3) is 0.250. The molecule has 0 heterocycles. The lowest BCUT2D eigenvalue weighted by Crippen LogP contribution is -2.43. The molecule has 1 aromatic carbocycles. The third-order valence-electron chi connectivity index (χ3n) is 2.30. The van der Waals surface area contributed by atoms with E-state index in [9.17, 15) is 19.5 Å². The van der Waals surface area contributed by atoms with Gasteiger partial charge in [0.05, 0.1) is 0 Å². The minimum Gasteiger partial charge on any atom is -0.507 e. The van der Waals surface area contributed by atoms with Crippen LogP contribution in [0.3, 0.4) is 0 Å². The highest BCUT2D eigenvalue weighted by Crippen LogP contribution is 2.22. The zero-order valence-electron chi connectivity index (χ0n) is 10.8. The Morgan fingerprint density at radius 3 is 2.60 bits per heavy atom. The van der Waals surface area contributed by atoms with E-state index in [4.69, 9.17) is 4.74 Å². The average Bonchev–Trinajstić information content (AvgIpc) is 2.40. The maximum atomic E-state index is 11.8. The van der Waals surface area contributed by atoms with Crippen molar-refractivity contribution in [3.8, 4) is 5.75 Å². The number of hydrogen-bond donors (Lipinski definition) is 3. The number of aromatic hydroxyl groups is 1. The Balaban J connectivity index is 2.72. The summed E-state index contributed by atoms with van der Waals surface area (Å²) in [5, 5.41) is 13.7. The molecule has 1 rings (SSSR count). The molecule has 108 valence electrons. The van der Waals surface area contributed by atoms with Gasteiger partial charge < -0.3 is 15.2 Å². The monoisotopic (exact) mass is 344 g/mol. The second kappa shape index (κ2) is 6.90. The van der Waals surface area contributed by atoms with Gasteiger partial charge in [-0.1, -0.05) is 15.9 Å². The van der Waals surface area contributed by atoms with Gasteiger partial charge in [-0.05, 0) is 25.1 Å². The molecule has 0 unspecified atom stereocenters. The van der Waals surface area contributed by atoms with Crippen LogP contribution in [0.2, 0.25) is 0 Å². The zero-order valence-corrected chi connectivity index (χ0v) is 12.4. The Morgan fingerprint density at radius 1 is 1.35 bits per heavy atom. The van der Waals surface area contributed by atoms with Crippen LogP contribution >= 0.6 is 15.9 Å². The van der Waals surface area contributed by atoms with Crippen LogP contribution in [0.15, 0.2) is 22.7 Å². The molecule has 0 saturated heterocycles. The Morgan fingerprint density at radius 2 is 2.00 bits per heavy atom. The van der Waals surface area contributed by atoms with Gasteiger partial charge in [0.15, 0.2) is 6.10 Å². The molecule has 0 aromatic heterocycles. The number of amides is 3. The highest BCUT2D eigenvalue weighted by Gasteiger charge is 2.22. The van der Waals surface area contributed by atoms with Crippen molar-refractivity contribution in [3.63, 3.8) is 0 Å². The molecule has 7 nitrogen and oxygen atoms in total. The van der Waals surface area contributed by atoms with Gasteiger partial charge in [0.1, 0.15) is 11.3 Å². The van der Waals surface area contributed by atoms with Gasteiger partial charge in [-0.15, -0.1) is 0 Å². The number of rotatable bonds is 3. The van der Waals surface area contributed by atoms with E-state index in [-0.39, 0.29) is 11.3 Å². The molecule has 0 radical (unpaired) electrons. The molecule has 20 heavy (non-hydrogen) atoms. The van der Waals surface area contributed by atoms with Gasteiger partial charge >= 0.3 is 12.0 Å². The molecule has 0 fully saturated rings. The molecule has 0 saturated carbocycles. The third kappa shape index (κ3) is 4.23. The third-order valence-corrected chi connectivity index (χ3v) is 2.79. The summed E-state index contributed by atoms with van der Waals surface area (Å²) < 4.78 is 5.44. The quantitative estimate of drug-likeness (QED) is 0.713. The molecule has 1 atom stereocenters. The van der Waals surface area contributed by atoms with Crippen LogP contribution in [0.25, 0.3) is 0 Å². The molecule has 0 aliphatic heterocycles. The highest BCUT2D eigenvalue weighted by atomic mass is 79.9. The van der Waals surface area contributed by atoms with Crippen LogP contribution in [0.5, 0.6) is 5.75 Å². The predicted molar refractivity (Wildman–Crippen MR) is 73.3 cm³/mol. The lowest BCUT2D eigenvalue weighted by Gasteiger charge is -2.13. The van der Waals surface area contributed by atoms with Gasteiger partial charge in [-0.2, -0.15) is 0 Å². The largest absolute Gasteiger partial charge is 0.507 e. The molecule has 0 spiro atoms. The number of imide groups is 1. The van der Waals surface area contributed by atoms with Gasteiger partial charge in [-0.3, -0.25) is 10.1 Å². The number of hydrogen-bond acceptors (Lipinski definition) is 5. The number of urea groups is 1. The van der Waals surface area contributed by atoms with E-state index in [2.05, 4.69) is 21.2 Å². The molecule has 1 aromatic rings. The van der Waals surface area contributed by atoms with Crippen molar-refractivity contribution in [3.05, 3.63) is 28.2 Å². The van der Waals surface area contributed by atoms with Crippen LogP contribution < -0.4 is 10.6 Å². The Kier molecular flexibility index (Phi) is 5.51. The lowest BCUT2D eigenvalue weighted by molar-refractivity contribution is -0.127. The van der Waals surface area contributed by atoms with Crippen molar-refractivity contribution >= 4 is 33.8 Å². The topological polar surface area (TPSA) is 105 Å². The van der Waals surface area contributed by atoms with E-state index in [1.54, 1.807) is 6.07 Å². The van der Waals surface area contributed by atoms with E-state index >= 15 is 0 Å². The van der Waals surface area contributed by atoms with Crippen molar-refractivity contribution in [2.75, 3.05) is 7.05 Å². The number of phenols is 1. The molecule has 0 aliphatic rings. The molecular formula is C12H13BrN2O5.